The van der Waals surface area contributed by atoms with Gasteiger partial charge in [-0.1, -0.05) is 50.1 Å². The SMILES string of the molecule is Cc1[c-]c2c(cc1)-c1ccc(C)cc1C2.Cc1cc[c-]cc1.Cc1cc[c-]cc1.Cl.Cl.[C-]1=CC=CC1.[SiH2]=[Zr]. The first kappa shape index (κ1) is 36.0. The Hall–Kier alpha value is -1.96. The van der Waals surface area contributed by atoms with Crippen LogP contribution in [-0.2, 0) is 29.8 Å². The number of rotatable bonds is 0. The first-order valence-corrected chi connectivity index (χ1v) is 18.0. The van der Waals surface area contributed by atoms with Gasteiger partial charge in [0.25, 0.3) is 0 Å². The van der Waals surface area contributed by atoms with Gasteiger partial charge in [0.05, 0.1) is 0 Å². The summed E-state index contributed by atoms with van der Waals surface area (Å²) in [5, 5.41) is 0. The van der Waals surface area contributed by atoms with Crippen molar-refractivity contribution in [3.05, 3.63) is 155 Å². The fourth-order valence-electron chi connectivity index (χ4n) is 3.65. The third-order valence-corrected chi connectivity index (χ3v) is 5.45. The molecule has 4 heteroatoms. The fraction of sp³-hybridized carbons (Fsp3) is 0.176. The number of hydrogen-bond acceptors (Lipinski definition) is 0. The van der Waals surface area contributed by atoms with Crippen molar-refractivity contribution in [2.75, 3.05) is 0 Å². The molecule has 2 aliphatic carbocycles. The summed E-state index contributed by atoms with van der Waals surface area (Å²) in [6, 6.07) is 36.2. The fourth-order valence-corrected chi connectivity index (χ4v) is 3.65. The van der Waals surface area contributed by atoms with Crippen molar-refractivity contribution >= 4 is 31.7 Å². The molecule has 0 saturated heterocycles. The van der Waals surface area contributed by atoms with E-state index in [2.05, 4.69) is 88.4 Å². The molecule has 0 fully saturated rings. The van der Waals surface area contributed by atoms with E-state index in [1.807, 2.05) is 67.6 Å². The number of hydrogen-bond donors (Lipinski definition) is 0. The molecule has 0 aliphatic heterocycles. The molecule has 0 radical (unpaired) electrons. The standard InChI is InChI=1S/C15H13.2C7H7.C5H5.2ClH.H2Si.Zr/c1-10-3-5-14-12(7-10)9-13-8-11(2)4-6-15(13)14;2*1-7-5-3-2-4-6-7;1-2-4-5-3-1;;;;/h3-7H,9H2,1-2H3;2*3-6H,1H3;1-3H,4H2;2*1H;1H2;/q4*-1;;;;. The quantitative estimate of drug-likeness (QED) is 0.118. The molecule has 4 aromatic rings. The topological polar surface area (TPSA) is 0 Å². The Balaban J connectivity index is 0.000000507. The van der Waals surface area contributed by atoms with Crippen molar-refractivity contribution in [2.24, 2.45) is 0 Å². The van der Waals surface area contributed by atoms with Gasteiger partial charge in [0.2, 0.25) is 0 Å². The average molecular weight is 635 g/mol. The van der Waals surface area contributed by atoms with E-state index in [-0.39, 0.29) is 24.8 Å². The Morgan fingerprint density at radius 3 is 1.66 bits per heavy atom. The predicted octanol–water partition coefficient (Wildman–Crippen LogP) is 8.50. The van der Waals surface area contributed by atoms with Gasteiger partial charge in [0.15, 0.2) is 0 Å². The van der Waals surface area contributed by atoms with Crippen molar-refractivity contribution in [3.8, 4) is 11.1 Å². The van der Waals surface area contributed by atoms with Gasteiger partial charge in [-0.15, -0.1) is 42.4 Å². The zero-order valence-corrected chi connectivity index (χ0v) is 28.2. The number of benzene rings is 4. The second kappa shape index (κ2) is 20.9. The molecular formula is C34H36Cl2SiZr-4. The van der Waals surface area contributed by atoms with Crippen molar-refractivity contribution in [3.63, 3.8) is 0 Å². The summed E-state index contributed by atoms with van der Waals surface area (Å²) in [5.74, 6) is 0. The monoisotopic (exact) mass is 632 g/mol. The van der Waals surface area contributed by atoms with Crippen molar-refractivity contribution in [1.82, 2.24) is 0 Å². The summed E-state index contributed by atoms with van der Waals surface area (Å²) in [6.45, 7) is 10.3. The first-order valence-electron chi connectivity index (χ1n) is 12.1. The molecule has 0 N–H and O–H groups in total. The van der Waals surface area contributed by atoms with Crippen molar-refractivity contribution in [1.29, 1.82) is 0 Å². The van der Waals surface area contributed by atoms with Crippen molar-refractivity contribution < 1.29 is 23.3 Å². The molecule has 0 aromatic heterocycles. The first-order chi connectivity index (χ1) is 17.5. The molecular weight excluding hydrogens is 599 g/mol. The molecule has 0 amide bonds. The summed E-state index contributed by atoms with van der Waals surface area (Å²) in [7, 11) is 0. The van der Waals surface area contributed by atoms with Gasteiger partial charge in [0.1, 0.15) is 0 Å². The van der Waals surface area contributed by atoms with E-state index in [1.165, 1.54) is 44.5 Å². The van der Waals surface area contributed by atoms with Crippen LogP contribution in [-0.4, -0.2) is 6.88 Å². The molecule has 2 aliphatic rings. The number of halogens is 2. The van der Waals surface area contributed by atoms with Crippen LogP contribution in [0.2, 0.25) is 0 Å². The Kier molecular flexibility index (Phi) is 19.9. The molecule has 198 valence electrons. The summed E-state index contributed by atoms with van der Waals surface area (Å²) >= 11 is 1.58. The van der Waals surface area contributed by atoms with Crippen LogP contribution in [0.15, 0.2) is 97.1 Å². The van der Waals surface area contributed by atoms with Crippen LogP contribution in [0.5, 0.6) is 0 Å². The van der Waals surface area contributed by atoms with Gasteiger partial charge in [-0.3, -0.25) is 6.08 Å². The van der Waals surface area contributed by atoms with Crippen LogP contribution >= 0.6 is 24.8 Å². The van der Waals surface area contributed by atoms with Crippen LogP contribution in [0.3, 0.4) is 0 Å². The van der Waals surface area contributed by atoms with Gasteiger partial charge in [-0.25, -0.2) is 12.2 Å². The van der Waals surface area contributed by atoms with E-state index in [0.29, 0.717) is 0 Å². The van der Waals surface area contributed by atoms with E-state index in [4.69, 9.17) is 0 Å². The predicted molar refractivity (Wildman–Crippen MR) is 168 cm³/mol. The minimum absolute atomic E-state index is 0. The van der Waals surface area contributed by atoms with Crippen LogP contribution in [0, 0.1) is 52.0 Å². The summed E-state index contributed by atoms with van der Waals surface area (Å²) < 4.78 is 0. The average Bonchev–Trinajstić information content (AvgIpc) is 3.58. The molecule has 6 rings (SSSR count). The molecule has 0 nitrogen and oxygen atoms in total. The maximum atomic E-state index is 3.45. The second-order valence-corrected chi connectivity index (χ2v) is 8.53. The number of fused-ring (bicyclic) bond motifs is 3. The van der Waals surface area contributed by atoms with E-state index >= 15 is 0 Å². The van der Waals surface area contributed by atoms with Gasteiger partial charge >= 0.3 is 30.2 Å². The van der Waals surface area contributed by atoms with Crippen LogP contribution in [0.25, 0.3) is 11.1 Å². The Morgan fingerprint density at radius 2 is 1.24 bits per heavy atom. The van der Waals surface area contributed by atoms with E-state index < -0.39 is 0 Å². The van der Waals surface area contributed by atoms with Gasteiger partial charge in [-0.05, 0) is 18.9 Å². The maximum absolute atomic E-state index is 3.45. The molecule has 4 aromatic carbocycles. The minimum atomic E-state index is 0. The van der Waals surface area contributed by atoms with E-state index in [9.17, 15) is 0 Å². The number of aryl methyl sites for hydroxylation is 4. The molecule has 0 heterocycles. The van der Waals surface area contributed by atoms with Crippen LogP contribution < -0.4 is 0 Å². The van der Waals surface area contributed by atoms with Gasteiger partial charge in [0, 0.05) is 0 Å². The zero-order valence-electron chi connectivity index (χ0n) is 22.7. The molecule has 0 atom stereocenters. The molecule has 0 unspecified atom stereocenters. The van der Waals surface area contributed by atoms with Crippen LogP contribution in [0.1, 0.15) is 39.8 Å². The van der Waals surface area contributed by atoms with Gasteiger partial charge < -0.3 is 0 Å². The Labute approximate surface area is 259 Å². The van der Waals surface area contributed by atoms with Crippen LogP contribution in [0.4, 0.5) is 0 Å². The normalized spacial score (nSPS) is 10.5. The molecule has 38 heavy (non-hydrogen) atoms. The Bertz CT molecular complexity index is 1160. The van der Waals surface area contributed by atoms with E-state index in [1.54, 1.807) is 23.3 Å². The second-order valence-electron chi connectivity index (χ2n) is 8.53. The summed E-state index contributed by atoms with van der Waals surface area (Å²) in [6.07, 6.45) is 11.0. The zero-order chi connectivity index (χ0) is 26.2. The molecule has 0 saturated carbocycles. The third kappa shape index (κ3) is 13.2. The summed E-state index contributed by atoms with van der Waals surface area (Å²) in [5.41, 5.74) is 10.7. The molecule has 0 spiro atoms. The summed E-state index contributed by atoms with van der Waals surface area (Å²) in [4.78, 5) is 0. The third-order valence-electron chi connectivity index (χ3n) is 5.45. The van der Waals surface area contributed by atoms with Gasteiger partial charge in [-0.2, -0.15) is 102 Å². The number of allylic oxidation sites excluding steroid dienone is 4. The Morgan fingerprint density at radius 1 is 0.684 bits per heavy atom. The van der Waals surface area contributed by atoms with Crippen molar-refractivity contribution in [2.45, 2.75) is 40.5 Å². The molecule has 0 bridgehead atoms. The van der Waals surface area contributed by atoms with E-state index in [0.717, 1.165) is 12.8 Å².